The van der Waals surface area contributed by atoms with Crippen LogP contribution in [0.2, 0.25) is 0 Å². The summed E-state index contributed by atoms with van der Waals surface area (Å²) in [5.41, 5.74) is -4.67. The first-order chi connectivity index (χ1) is 36.6. The minimum absolute atomic E-state index is 0.176. The van der Waals surface area contributed by atoms with E-state index < -0.39 is 187 Å². The van der Waals surface area contributed by atoms with Crippen molar-refractivity contribution >= 4 is 11.9 Å². The third-order valence-corrected chi connectivity index (χ3v) is 21.1. The number of rotatable bonds is 14. The summed E-state index contributed by atoms with van der Waals surface area (Å²) in [7, 11) is 0. The summed E-state index contributed by atoms with van der Waals surface area (Å²) in [5, 5.41) is 135. The molecule has 0 aromatic heterocycles. The number of aliphatic hydroxyl groups is 12. The molecule has 3 unspecified atom stereocenters. The van der Waals surface area contributed by atoms with E-state index in [4.69, 9.17) is 37.9 Å². The van der Waals surface area contributed by atoms with Gasteiger partial charge in [0.1, 0.15) is 67.1 Å². The molecule has 3 aliphatic heterocycles. The number of carbonyl (C=O) groups excluding carboxylic acids is 2. The van der Waals surface area contributed by atoms with Gasteiger partial charge in [-0.3, -0.25) is 0 Å². The molecule has 8 rings (SSSR count). The number of fused-ring (bicyclic) bond motifs is 7. The Kier molecular flexibility index (Phi) is 17.8. The highest BCUT2D eigenvalue weighted by Gasteiger charge is 2.76. The first-order valence-electron chi connectivity index (χ1n) is 27.7. The van der Waals surface area contributed by atoms with Gasteiger partial charge in [0.05, 0.1) is 56.8 Å². The summed E-state index contributed by atoms with van der Waals surface area (Å²) in [5.74, 6) is -2.47. The van der Waals surface area contributed by atoms with Crippen molar-refractivity contribution in [2.24, 2.45) is 50.2 Å². The van der Waals surface area contributed by atoms with Gasteiger partial charge in [-0.25, -0.2) is 9.59 Å². The zero-order chi connectivity index (χ0) is 57.6. The van der Waals surface area contributed by atoms with E-state index in [0.29, 0.717) is 37.7 Å². The van der Waals surface area contributed by atoms with Gasteiger partial charge in [-0.1, -0.05) is 65.3 Å². The maximum Gasteiger partial charge on any atom is 0.333 e. The molecule has 0 radical (unpaired) electrons. The van der Waals surface area contributed by atoms with Crippen LogP contribution in [0.1, 0.15) is 108 Å². The lowest BCUT2D eigenvalue weighted by atomic mass is 9.32. The molecule has 12 N–H and O–H groups in total. The average molecular weight is 1110 g/mol. The molecule has 78 heavy (non-hydrogen) atoms. The summed E-state index contributed by atoms with van der Waals surface area (Å²) in [6.07, 6.45) is -19.6. The van der Waals surface area contributed by atoms with Crippen molar-refractivity contribution in [3.8, 4) is 0 Å². The molecule has 5 aliphatic carbocycles. The van der Waals surface area contributed by atoms with E-state index in [0.717, 1.165) is 5.57 Å². The van der Waals surface area contributed by atoms with Gasteiger partial charge < -0.3 is 99.2 Å². The van der Waals surface area contributed by atoms with Crippen molar-refractivity contribution in [3.05, 3.63) is 34.9 Å². The van der Waals surface area contributed by atoms with Gasteiger partial charge >= 0.3 is 11.9 Å². The Morgan fingerprint density at radius 2 is 1.21 bits per heavy atom. The molecule has 4 saturated carbocycles. The van der Waals surface area contributed by atoms with Gasteiger partial charge in [0.15, 0.2) is 25.0 Å². The second-order valence-electron chi connectivity index (χ2n) is 25.4. The number of hydrogen-bond acceptors (Lipinski definition) is 22. The number of hydrogen-bond donors (Lipinski definition) is 12. The Labute approximate surface area is 455 Å². The van der Waals surface area contributed by atoms with Crippen LogP contribution in [0.3, 0.4) is 0 Å². The molecule has 22 nitrogen and oxygen atoms in total. The molecule has 22 heteroatoms. The van der Waals surface area contributed by atoms with Gasteiger partial charge in [-0.05, 0) is 94.8 Å². The van der Waals surface area contributed by atoms with E-state index in [1.807, 2.05) is 27.7 Å². The van der Waals surface area contributed by atoms with Gasteiger partial charge in [0.2, 0.25) is 0 Å². The molecule has 0 bridgehead atoms. The van der Waals surface area contributed by atoms with E-state index >= 15 is 0 Å². The summed E-state index contributed by atoms with van der Waals surface area (Å²) in [6, 6.07) is 0. The molecular weight excluding hydrogens is 1020 g/mol. The second kappa shape index (κ2) is 22.5. The average Bonchev–Trinajstić information content (AvgIpc) is 3.17. The lowest BCUT2D eigenvalue weighted by molar-refractivity contribution is -0.380. The summed E-state index contributed by atoms with van der Waals surface area (Å²) in [6.45, 7) is 15.6. The van der Waals surface area contributed by atoms with Crippen LogP contribution in [0.15, 0.2) is 34.9 Å². The highest BCUT2D eigenvalue weighted by Crippen LogP contribution is 2.76. The topological polar surface area (TPSA) is 351 Å². The number of esters is 2. The van der Waals surface area contributed by atoms with Crippen LogP contribution in [0.25, 0.3) is 0 Å². The molecule has 0 aromatic carbocycles. The van der Waals surface area contributed by atoms with E-state index in [-0.39, 0.29) is 30.4 Å². The predicted molar refractivity (Wildman–Crippen MR) is 272 cm³/mol. The molecule has 444 valence electrons. The fraction of sp³-hybridized carbons (Fsp3) is 0.857. The largest absolute Gasteiger partial charge is 0.454 e. The molecule has 3 saturated heterocycles. The number of ether oxygens (including phenoxy) is 8. The molecule has 0 aromatic rings. The van der Waals surface area contributed by atoms with Crippen LogP contribution >= 0.6 is 0 Å². The predicted octanol–water partition coefficient (Wildman–Crippen LogP) is -0.218. The van der Waals surface area contributed by atoms with Crippen molar-refractivity contribution in [2.75, 3.05) is 33.0 Å². The van der Waals surface area contributed by atoms with Gasteiger partial charge in [-0.2, -0.15) is 0 Å². The lowest BCUT2D eigenvalue weighted by Crippen LogP contribution is -2.76. The van der Waals surface area contributed by atoms with Crippen molar-refractivity contribution in [3.63, 3.8) is 0 Å². The number of allylic oxidation sites excluding steroid dienone is 3. The minimum Gasteiger partial charge on any atom is -0.454 e. The van der Waals surface area contributed by atoms with E-state index in [9.17, 15) is 70.9 Å². The van der Waals surface area contributed by atoms with Gasteiger partial charge in [0.25, 0.3) is 0 Å². The summed E-state index contributed by atoms with van der Waals surface area (Å²) >= 11 is 0. The van der Waals surface area contributed by atoms with Crippen LogP contribution in [-0.2, 0) is 47.5 Å². The Hall–Kier alpha value is -2.56. The molecule has 3 heterocycles. The van der Waals surface area contributed by atoms with E-state index in [1.165, 1.54) is 0 Å². The SMILES string of the molecule is C/C=C(/C)C(=O)O[C@H]1[C@H](OC(=O)/C(C)=C/C)C(C)(C)CC2C3=CCC4[C@@]5(C)CC[C@H](O[C@H]6OC[C@H](O)[C@H](O[C@@H]7O[C@@H](CO)[C@H](O)[C@H]7O)[C@H]6O[C@@H]6O[C@H](CO)[C@@H](O)[C@H](O)[C@H]6O)[C@](C)(CO)C5CC[C@@]4(C)[C@]3(C)[C@@H](O)[C@@H](O)[C@]21CO. The van der Waals surface area contributed by atoms with E-state index in [2.05, 4.69) is 19.9 Å². The van der Waals surface area contributed by atoms with Crippen LogP contribution in [0.5, 0.6) is 0 Å². The van der Waals surface area contributed by atoms with Crippen LogP contribution < -0.4 is 0 Å². The first kappa shape index (κ1) is 61.5. The highest BCUT2D eigenvalue weighted by atomic mass is 16.8. The normalized spacial score (nSPS) is 50.3. The Morgan fingerprint density at radius 3 is 1.76 bits per heavy atom. The van der Waals surface area contributed by atoms with Crippen molar-refractivity contribution < 1.29 is 109 Å². The quantitative estimate of drug-likeness (QED) is 0.0463. The fourth-order valence-electron chi connectivity index (χ4n) is 16.0. The summed E-state index contributed by atoms with van der Waals surface area (Å²) < 4.78 is 49.3. The fourth-order valence-corrected chi connectivity index (χ4v) is 16.0. The monoisotopic (exact) mass is 1110 g/mol. The standard InChI is InChI=1S/C56H88O22/c1-11-25(3)46(69)77-44-45(78-47(70)26(4)12-2)56(24-60)28(19-51(44,5)6)27-13-14-33-52(7)17-16-34(53(8,23-59)32(52)15-18-54(33,9)55(27,10)42(67)43(56)68)74-50-41(76-49-39(66)37(64)35(62)30(20-57)72-49)40(29(61)22-71-50)75-48-38(65)36(63)31(21-58)73-48/h11-13,28-45,48-50,57-68H,14-24H2,1-10H3/b25-11+,26-12-/t28?,29-,30+,31-,32?,33?,34-,35+,36-,37-,38+,39+,40-,41+,42-,43+,44-,45-,48-,49-,50+,52-,53+,54+,55-,56-/m0/s1. The lowest BCUT2D eigenvalue weighted by Gasteiger charge is -2.73. The Balaban J connectivity index is 1.13. The maximum absolute atomic E-state index is 13.8. The second-order valence-corrected chi connectivity index (χ2v) is 25.4. The third-order valence-electron chi connectivity index (χ3n) is 21.1. The smallest absolute Gasteiger partial charge is 0.333 e. The molecular formula is C56H88O22. The molecule has 26 atom stereocenters. The summed E-state index contributed by atoms with van der Waals surface area (Å²) in [4.78, 5) is 27.4. The van der Waals surface area contributed by atoms with Gasteiger partial charge in [0, 0.05) is 27.4 Å². The Morgan fingerprint density at radius 1 is 0.654 bits per heavy atom. The van der Waals surface area contributed by atoms with Gasteiger partial charge in [-0.15, -0.1) is 0 Å². The maximum atomic E-state index is 13.8. The van der Waals surface area contributed by atoms with Crippen LogP contribution in [0.4, 0.5) is 0 Å². The number of carbonyl (C=O) groups is 2. The highest BCUT2D eigenvalue weighted by molar-refractivity contribution is 5.88. The molecule has 0 spiro atoms. The molecule has 8 aliphatic rings. The van der Waals surface area contributed by atoms with Crippen molar-refractivity contribution in [2.45, 2.75) is 218 Å². The van der Waals surface area contributed by atoms with Crippen LogP contribution in [-0.4, -0.2) is 217 Å². The van der Waals surface area contributed by atoms with E-state index in [1.54, 1.807) is 39.8 Å². The van der Waals surface area contributed by atoms with Crippen molar-refractivity contribution in [1.29, 1.82) is 0 Å². The third kappa shape index (κ3) is 9.50. The van der Waals surface area contributed by atoms with Crippen LogP contribution in [0, 0.1) is 50.2 Å². The number of aliphatic hydroxyl groups excluding tert-OH is 12. The van der Waals surface area contributed by atoms with Crippen molar-refractivity contribution in [1.82, 2.24) is 0 Å². The zero-order valence-corrected chi connectivity index (χ0v) is 46.6. The molecule has 7 fully saturated rings. The Bertz CT molecular complexity index is 2270. The minimum atomic E-state index is -1.91. The first-order valence-corrected chi connectivity index (χ1v) is 27.7. The zero-order valence-electron chi connectivity index (χ0n) is 46.6. The molecule has 0 amide bonds.